The maximum atomic E-state index is 12.4. The summed E-state index contributed by atoms with van der Waals surface area (Å²) in [6.45, 7) is 6.21. The third-order valence-electron chi connectivity index (χ3n) is 3.31. The first-order valence-corrected chi connectivity index (χ1v) is 7.72. The van der Waals surface area contributed by atoms with Crippen molar-refractivity contribution in [3.8, 4) is 0 Å². The summed E-state index contributed by atoms with van der Waals surface area (Å²) in [5.74, 6) is -2.92. The molecule has 0 saturated carbocycles. The number of hydrogen-bond acceptors (Lipinski definition) is 3. The standard InChI is InChI=1S/C13H19F2NO2S/c1-4-9(2)10(3)16-11-5-7-12(8-6-11)19(17,18)13(14)15/h5-10,13,16H,4H2,1-3H3. The van der Waals surface area contributed by atoms with Crippen LogP contribution in [0.4, 0.5) is 14.5 Å². The van der Waals surface area contributed by atoms with E-state index in [0.29, 0.717) is 5.92 Å². The molecule has 0 spiro atoms. The summed E-state index contributed by atoms with van der Waals surface area (Å²) in [6.07, 6.45) is 1.02. The van der Waals surface area contributed by atoms with Crippen LogP contribution in [0.25, 0.3) is 0 Å². The van der Waals surface area contributed by atoms with Crippen LogP contribution in [0.2, 0.25) is 0 Å². The lowest BCUT2D eigenvalue weighted by atomic mass is 10.0. The number of sulfone groups is 1. The molecule has 19 heavy (non-hydrogen) atoms. The van der Waals surface area contributed by atoms with Gasteiger partial charge in [0.1, 0.15) is 0 Å². The Morgan fingerprint density at radius 1 is 1.16 bits per heavy atom. The van der Waals surface area contributed by atoms with Crippen molar-refractivity contribution in [1.82, 2.24) is 0 Å². The Morgan fingerprint density at radius 2 is 1.68 bits per heavy atom. The first-order chi connectivity index (χ1) is 8.78. The zero-order chi connectivity index (χ0) is 14.6. The molecule has 0 aliphatic heterocycles. The van der Waals surface area contributed by atoms with Gasteiger partial charge in [0.2, 0.25) is 9.84 Å². The number of benzene rings is 1. The van der Waals surface area contributed by atoms with Crippen molar-refractivity contribution in [1.29, 1.82) is 0 Å². The highest BCUT2D eigenvalue weighted by Crippen LogP contribution is 2.21. The monoisotopic (exact) mass is 291 g/mol. The Hall–Kier alpha value is -1.17. The minimum atomic E-state index is -4.50. The maximum Gasteiger partial charge on any atom is 0.341 e. The molecular formula is C13H19F2NO2S. The zero-order valence-electron chi connectivity index (χ0n) is 11.2. The Labute approximate surface area is 112 Å². The Balaban J connectivity index is 2.83. The highest BCUT2D eigenvalue weighted by molar-refractivity contribution is 7.91. The van der Waals surface area contributed by atoms with Gasteiger partial charge in [-0.2, -0.15) is 8.78 Å². The summed E-state index contributed by atoms with van der Waals surface area (Å²) in [5.41, 5.74) is 0.723. The summed E-state index contributed by atoms with van der Waals surface area (Å²) in [4.78, 5) is -0.357. The molecule has 0 amide bonds. The molecule has 0 fully saturated rings. The predicted octanol–water partition coefficient (Wildman–Crippen LogP) is 3.53. The fourth-order valence-electron chi connectivity index (χ4n) is 1.60. The lowest BCUT2D eigenvalue weighted by Crippen LogP contribution is -2.23. The Kier molecular flexibility index (Phi) is 5.29. The molecule has 0 aromatic heterocycles. The van der Waals surface area contributed by atoms with Crippen LogP contribution in [-0.2, 0) is 9.84 Å². The quantitative estimate of drug-likeness (QED) is 0.872. The molecule has 1 rings (SSSR count). The number of anilines is 1. The number of nitrogens with one attached hydrogen (secondary N) is 1. The van der Waals surface area contributed by atoms with Crippen LogP contribution >= 0.6 is 0 Å². The molecule has 6 heteroatoms. The molecule has 1 N–H and O–H groups in total. The second-order valence-corrected chi connectivity index (χ2v) is 6.57. The number of alkyl halides is 2. The van der Waals surface area contributed by atoms with Crippen LogP contribution in [0.3, 0.4) is 0 Å². The fourth-order valence-corrected chi connectivity index (χ4v) is 2.32. The molecule has 3 nitrogen and oxygen atoms in total. The van der Waals surface area contributed by atoms with Crippen molar-refractivity contribution >= 4 is 15.5 Å². The van der Waals surface area contributed by atoms with Crippen LogP contribution in [0, 0.1) is 5.92 Å². The smallest absolute Gasteiger partial charge is 0.341 e. The molecule has 0 aliphatic carbocycles. The van der Waals surface area contributed by atoms with Crippen molar-refractivity contribution in [3.05, 3.63) is 24.3 Å². The zero-order valence-corrected chi connectivity index (χ0v) is 12.0. The maximum absolute atomic E-state index is 12.4. The average molecular weight is 291 g/mol. The van der Waals surface area contributed by atoms with E-state index in [1.165, 1.54) is 24.3 Å². The van der Waals surface area contributed by atoms with E-state index in [4.69, 9.17) is 0 Å². The van der Waals surface area contributed by atoms with Gasteiger partial charge in [-0.05, 0) is 37.1 Å². The summed E-state index contributed by atoms with van der Waals surface area (Å²) in [6, 6.07) is 5.64. The van der Waals surface area contributed by atoms with Crippen molar-refractivity contribution in [2.24, 2.45) is 5.92 Å². The van der Waals surface area contributed by atoms with Gasteiger partial charge in [0, 0.05) is 11.7 Å². The van der Waals surface area contributed by atoms with E-state index in [1.54, 1.807) is 0 Å². The van der Waals surface area contributed by atoms with Crippen LogP contribution in [0.1, 0.15) is 27.2 Å². The number of halogens is 2. The summed E-state index contributed by atoms with van der Waals surface area (Å²) in [7, 11) is -4.50. The molecule has 1 aromatic rings. The Bertz CT molecular complexity index is 500. The topological polar surface area (TPSA) is 46.2 Å². The highest BCUT2D eigenvalue weighted by Gasteiger charge is 2.26. The summed E-state index contributed by atoms with van der Waals surface area (Å²) in [5, 5.41) is 3.22. The SMILES string of the molecule is CCC(C)C(C)Nc1ccc(S(=O)(=O)C(F)F)cc1. The minimum Gasteiger partial charge on any atom is -0.382 e. The molecular weight excluding hydrogens is 272 g/mol. The van der Waals surface area contributed by atoms with Gasteiger partial charge in [-0.3, -0.25) is 0 Å². The molecule has 0 heterocycles. The van der Waals surface area contributed by atoms with Crippen molar-refractivity contribution in [2.45, 2.75) is 43.9 Å². The van der Waals surface area contributed by atoms with E-state index in [2.05, 4.69) is 19.2 Å². The van der Waals surface area contributed by atoms with E-state index in [9.17, 15) is 17.2 Å². The van der Waals surface area contributed by atoms with E-state index >= 15 is 0 Å². The van der Waals surface area contributed by atoms with Crippen molar-refractivity contribution in [2.75, 3.05) is 5.32 Å². The molecule has 0 bridgehead atoms. The number of rotatable bonds is 6. The van der Waals surface area contributed by atoms with Gasteiger partial charge in [0.15, 0.2) is 0 Å². The number of hydrogen-bond donors (Lipinski definition) is 1. The van der Waals surface area contributed by atoms with E-state index in [-0.39, 0.29) is 10.9 Å². The van der Waals surface area contributed by atoms with Crippen LogP contribution in [-0.4, -0.2) is 20.2 Å². The third kappa shape index (κ3) is 3.89. The second-order valence-electron chi connectivity index (χ2n) is 4.65. The fraction of sp³-hybridized carbons (Fsp3) is 0.538. The first-order valence-electron chi connectivity index (χ1n) is 6.17. The summed E-state index contributed by atoms with van der Waals surface area (Å²) >= 11 is 0. The van der Waals surface area contributed by atoms with Gasteiger partial charge in [0.05, 0.1) is 4.90 Å². The average Bonchev–Trinajstić information content (AvgIpc) is 2.38. The predicted molar refractivity (Wildman–Crippen MR) is 72.2 cm³/mol. The van der Waals surface area contributed by atoms with Gasteiger partial charge < -0.3 is 5.32 Å². The first kappa shape index (κ1) is 15.9. The van der Waals surface area contributed by atoms with Crippen LogP contribution in [0.5, 0.6) is 0 Å². The van der Waals surface area contributed by atoms with Gasteiger partial charge in [-0.15, -0.1) is 0 Å². The Morgan fingerprint density at radius 3 is 2.11 bits per heavy atom. The lowest BCUT2D eigenvalue weighted by molar-refractivity contribution is 0.234. The largest absolute Gasteiger partial charge is 0.382 e. The molecule has 2 unspecified atom stereocenters. The summed E-state index contributed by atoms with van der Waals surface area (Å²) < 4.78 is 47.2. The minimum absolute atomic E-state index is 0.225. The molecule has 0 aliphatic rings. The van der Waals surface area contributed by atoms with Gasteiger partial charge in [0.25, 0.3) is 0 Å². The van der Waals surface area contributed by atoms with Crippen molar-refractivity contribution in [3.63, 3.8) is 0 Å². The lowest BCUT2D eigenvalue weighted by Gasteiger charge is -2.21. The highest BCUT2D eigenvalue weighted by atomic mass is 32.2. The third-order valence-corrected chi connectivity index (χ3v) is 4.71. The molecule has 0 saturated heterocycles. The van der Waals surface area contributed by atoms with Crippen LogP contribution in [0.15, 0.2) is 29.2 Å². The van der Waals surface area contributed by atoms with E-state index < -0.39 is 15.6 Å². The van der Waals surface area contributed by atoms with Crippen LogP contribution < -0.4 is 5.32 Å². The van der Waals surface area contributed by atoms with E-state index in [0.717, 1.165) is 12.1 Å². The molecule has 108 valence electrons. The second kappa shape index (κ2) is 6.32. The van der Waals surface area contributed by atoms with Gasteiger partial charge in [-0.25, -0.2) is 8.42 Å². The van der Waals surface area contributed by atoms with Gasteiger partial charge >= 0.3 is 5.76 Å². The molecule has 1 aromatic carbocycles. The van der Waals surface area contributed by atoms with E-state index in [1.807, 2.05) is 6.92 Å². The molecule has 2 atom stereocenters. The normalized spacial score (nSPS) is 15.3. The molecule has 0 radical (unpaired) electrons. The van der Waals surface area contributed by atoms with Crippen molar-refractivity contribution < 1.29 is 17.2 Å². The van der Waals surface area contributed by atoms with Gasteiger partial charge in [-0.1, -0.05) is 20.3 Å².